The number of hydrogen-bond donors (Lipinski definition) is 2. The maximum absolute atomic E-state index is 12.1. The van der Waals surface area contributed by atoms with E-state index in [4.69, 9.17) is 5.73 Å². The van der Waals surface area contributed by atoms with Crippen LogP contribution in [0.2, 0.25) is 0 Å². The Morgan fingerprint density at radius 1 is 1.41 bits per heavy atom. The molecule has 0 saturated heterocycles. The van der Waals surface area contributed by atoms with Gasteiger partial charge in [0.1, 0.15) is 0 Å². The molecule has 0 heterocycles. The van der Waals surface area contributed by atoms with Gasteiger partial charge in [0.15, 0.2) is 0 Å². The first-order chi connectivity index (χ1) is 7.53. The molecule has 2 aliphatic carbocycles. The quantitative estimate of drug-likeness (QED) is 0.815. The summed E-state index contributed by atoms with van der Waals surface area (Å²) in [4.78, 5) is 12.1. The van der Waals surface area contributed by atoms with E-state index >= 15 is 0 Å². The van der Waals surface area contributed by atoms with E-state index in [0.717, 1.165) is 24.7 Å². The molecule has 100 valence electrons. The van der Waals surface area contributed by atoms with Gasteiger partial charge in [0, 0.05) is 6.04 Å². The molecule has 2 aliphatic rings. The molecule has 3 N–H and O–H groups in total. The first-order valence-electron chi connectivity index (χ1n) is 6.62. The van der Waals surface area contributed by atoms with Crippen LogP contribution in [0.25, 0.3) is 0 Å². The smallest absolute Gasteiger partial charge is 0.240 e. The molecular formula is C13H25ClN2O. The van der Waals surface area contributed by atoms with Gasteiger partial charge >= 0.3 is 0 Å². The Bertz CT molecular complexity index is 281. The van der Waals surface area contributed by atoms with Gasteiger partial charge in [-0.15, -0.1) is 12.4 Å². The summed E-state index contributed by atoms with van der Waals surface area (Å²) in [6.07, 6.45) is 6.88. The van der Waals surface area contributed by atoms with E-state index in [1.807, 2.05) is 6.92 Å². The number of halogens is 1. The third-order valence-corrected chi connectivity index (χ3v) is 4.34. The number of rotatable bonds is 4. The number of hydrogen-bond acceptors (Lipinski definition) is 2. The van der Waals surface area contributed by atoms with E-state index in [0.29, 0.717) is 6.04 Å². The van der Waals surface area contributed by atoms with Crippen LogP contribution in [-0.4, -0.2) is 17.5 Å². The number of fused-ring (bicyclic) bond motifs is 2. The maximum atomic E-state index is 12.1. The van der Waals surface area contributed by atoms with Crippen LogP contribution in [-0.2, 0) is 4.79 Å². The molecular weight excluding hydrogens is 236 g/mol. The molecule has 4 unspecified atom stereocenters. The average molecular weight is 261 g/mol. The van der Waals surface area contributed by atoms with Gasteiger partial charge in [-0.3, -0.25) is 4.79 Å². The summed E-state index contributed by atoms with van der Waals surface area (Å²) in [5, 5.41) is 3.17. The molecule has 4 atom stereocenters. The van der Waals surface area contributed by atoms with Crippen molar-refractivity contribution in [2.24, 2.45) is 17.6 Å². The Morgan fingerprint density at radius 2 is 2.12 bits per heavy atom. The predicted octanol–water partition coefficient (Wildman–Crippen LogP) is 2.23. The highest BCUT2D eigenvalue weighted by Crippen LogP contribution is 2.44. The van der Waals surface area contributed by atoms with Crippen LogP contribution in [0.4, 0.5) is 0 Å². The molecule has 0 aliphatic heterocycles. The van der Waals surface area contributed by atoms with Gasteiger partial charge in [0.05, 0.1) is 5.54 Å². The van der Waals surface area contributed by atoms with Crippen molar-refractivity contribution in [1.29, 1.82) is 0 Å². The normalized spacial score (nSPS) is 33.9. The molecule has 0 aromatic rings. The van der Waals surface area contributed by atoms with Gasteiger partial charge < -0.3 is 11.1 Å². The average Bonchev–Trinajstić information content (AvgIpc) is 2.78. The second-order valence-corrected chi connectivity index (χ2v) is 5.92. The largest absolute Gasteiger partial charge is 0.351 e. The molecule has 2 saturated carbocycles. The number of carbonyl (C=O) groups is 1. The summed E-state index contributed by atoms with van der Waals surface area (Å²) in [6.45, 7) is 3.91. The monoisotopic (exact) mass is 260 g/mol. The van der Waals surface area contributed by atoms with Crippen molar-refractivity contribution < 1.29 is 4.79 Å². The molecule has 3 nitrogen and oxygen atoms in total. The minimum absolute atomic E-state index is 0. The molecule has 1 amide bonds. The second kappa shape index (κ2) is 5.57. The molecule has 17 heavy (non-hydrogen) atoms. The van der Waals surface area contributed by atoms with Crippen molar-refractivity contribution >= 4 is 18.3 Å². The fraction of sp³-hybridized carbons (Fsp3) is 0.923. The van der Waals surface area contributed by atoms with Gasteiger partial charge in [-0.05, 0) is 44.4 Å². The Balaban J connectivity index is 0.00000144. The lowest BCUT2D eigenvalue weighted by Gasteiger charge is -2.29. The van der Waals surface area contributed by atoms with E-state index in [-0.39, 0.29) is 18.3 Å². The number of carbonyl (C=O) groups excluding carboxylic acids is 1. The van der Waals surface area contributed by atoms with Crippen molar-refractivity contribution in [3.05, 3.63) is 0 Å². The lowest BCUT2D eigenvalue weighted by atomic mass is 9.92. The van der Waals surface area contributed by atoms with Gasteiger partial charge in [0.25, 0.3) is 0 Å². The van der Waals surface area contributed by atoms with E-state index in [1.165, 1.54) is 25.7 Å². The highest BCUT2D eigenvalue weighted by Gasteiger charge is 2.41. The van der Waals surface area contributed by atoms with Gasteiger partial charge in [-0.1, -0.05) is 19.8 Å². The zero-order valence-corrected chi connectivity index (χ0v) is 11.7. The standard InChI is InChI=1S/C13H24N2O.ClH/c1-3-6-13(2,14)12(16)15-11-8-9-4-5-10(11)7-9;/h9-11H,3-8,14H2,1-2H3,(H,15,16);1H. The highest BCUT2D eigenvalue weighted by atomic mass is 35.5. The topological polar surface area (TPSA) is 55.1 Å². The lowest BCUT2D eigenvalue weighted by Crippen LogP contribution is -2.55. The van der Waals surface area contributed by atoms with Crippen molar-refractivity contribution in [2.75, 3.05) is 0 Å². The van der Waals surface area contributed by atoms with Crippen molar-refractivity contribution in [3.8, 4) is 0 Å². The van der Waals surface area contributed by atoms with Gasteiger partial charge in [-0.25, -0.2) is 0 Å². The Kier molecular flexibility index (Phi) is 4.85. The van der Waals surface area contributed by atoms with Gasteiger partial charge in [-0.2, -0.15) is 0 Å². The minimum Gasteiger partial charge on any atom is -0.351 e. The van der Waals surface area contributed by atoms with E-state index in [1.54, 1.807) is 0 Å². The lowest BCUT2D eigenvalue weighted by molar-refractivity contribution is -0.127. The first-order valence-corrected chi connectivity index (χ1v) is 6.62. The highest BCUT2D eigenvalue weighted by molar-refractivity contribution is 5.86. The number of nitrogens with one attached hydrogen (secondary N) is 1. The number of amides is 1. The van der Waals surface area contributed by atoms with Crippen LogP contribution in [0.15, 0.2) is 0 Å². The van der Waals surface area contributed by atoms with Crippen molar-refractivity contribution in [2.45, 2.75) is 64.0 Å². The summed E-state index contributed by atoms with van der Waals surface area (Å²) < 4.78 is 0. The molecule has 2 rings (SSSR count). The van der Waals surface area contributed by atoms with Crippen LogP contribution in [0.3, 0.4) is 0 Å². The summed E-state index contributed by atoms with van der Waals surface area (Å²) >= 11 is 0. The Morgan fingerprint density at radius 3 is 2.59 bits per heavy atom. The summed E-state index contributed by atoms with van der Waals surface area (Å²) in [6, 6.07) is 0.408. The van der Waals surface area contributed by atoms with E-state index in [9.17, 15) is 4.79 Å². The summed E-state index contributed by atoms with van der Waals surface area (Å²) in [5.41, 5.74) is 5.35. The van der Waals surface area contributed by atoms with Crippen LogP contribution in [0.1, 0.15) is 52.4 Å². The van der Waals surface area contributed by atoms with Crippen molar-refractivity contribution in [3.63, 3.8) is 0 Å². The third-order valence-electron chi connectivity index (χ3n) is 4.34. The minimum atomic E-state index is -0.684. The zero-order chi connectivity index (χ0) is 11.8. The fourth-order valence-electron chi connectivity index (χ4n) is 3.39. The zero-order valence-electron chi connectivity index (χ0n) is 10.9. The van der Waals surface area contributed by atoms with E-state index in [2.05, 4.69) is 12.2 Å². The molecule has 0 aromatic carbocycles. The van der Waals surface area contributed by atoms with Crippen LogP contribution in [0, 0.1) is 11.8 Å². The molecule has 2 bridgehead atoms. The Hall–Kier alpha value is -0.280. The van der Waals surface area contributed by atoms with Crippen LogP contribution in [0.5, 0.6) is 0 Å². The molecule has 2 fully saturated rings. The van der Waals surface area contributed by atoms with Crippen LogP contribution < -0.4 is 11.1 Å². The third kappa shape index (κ3) is 3.14. The molecule has 0 radical (unpaired) electrons. The first kappa shape index (κ1) is 14.8. The van der Waals surface area contributed by atoms with Gasteiger partial charge in [0.2, 0.25) is 5.91 Å². The summed E-state index contributed by atoms with van der Waals surface area (Å²) in [5.74, 6) is 1.64. The summed E-state index contributed by atoms with van der Waals surface area (Å²) in [7, 11) is 0. The predicted molar refractivity (Wildman–Crippen MR) is 72.1 cm³/mol. The fourth-order valence-corrected chi connectivity index (χ4v) is 3.39. The Labute approximate surface area is 110 Å². The number of nitrogens with two attached hydrogens (primary N) is 1. The molecule has 0 aromatic heterocycles. The SMILES string of the molecule is CCCC(C)(N)C(=O)NC1CC2CCC1C2.Cl. The second-order valence-electron chi connectivity index (χ2n) is 5.92. The molecule has 0 spiro atoms. The van der Waals surface area contributed by atoms with Crippen LogP contribution >= 0.6 is 12.4 Å². The molecule has 4 heteroatoms. The maximum Gasteiger partial charge on any atom is 0.240 e. The van der Waals surface area contributed by atoms with Crippen molar-refractivity contribution in [1.82, 2.24) is 5.32 Å². The van der Waals surface area contributed by atoms with E-state index < -0.39 is 5.54 Å².